The highest BCUT2D eigenvalue weighted by Gasteiger charge is 2.28. The van der Waals surface area contributed by atoms with E-state index in [1.807, 2.05) is 0 Å². The average Bonchev–Trinajstić information content (AvgIpc) is 2.12. The molecule has 0 radical (unpaired) electrons. The Labute approximate surface area is 70.8 Å². The molecule has 3 nitrogen and oxygen atoms in total. The molecule has 0 saturated heterocycles. The molecule has 1 aliphatic heterocycles. The summed E-state index contributed by atoms with van der Waals surface area (Å²) in [5.41, 5.74) is 1.77. The lowest BCUT2D eigenvalue weighted by Crippen LogP contribution is -2.34. The van der Waals surface area contributed by atoms with Gasteiger partial charge in [-0.1, -0.05) is 0 Å². The van der Waals surface area contributed by atoms with Crippen LogP contribution >= 0.6 is 0 Å². The Kier molecular flexibility index (Phi) is 1.71. The van der Waals surface area contributed by atoms with E-state index < -0.39 is 0 Å². The second kappa shape index (κ2) is 2.73. The molecule has 1 aliphatic carbocycles. The van der Waals surface area contributed by atoms with Gasteiger partial charge in [0.25, 0.3) is 0 Å². The molecule has 0 spiro atoms. The van der Waals surface area contributed by atoms with Gasteiger partial charge in [0.15, 0.2) is 0 Å². The average molecular weight is 165 g/mol. The van der Waals surface area contributed by atoms with Crippen LogP contribution < -0.4 is 5.32 Å². The van der Waals surface area contributed by atoms with Crippen molar-refractivity contribution in [3.8, 4) is 0 Å². The van der Waals surface area contributed by atoms with Gasteiger partial charge in [0.2, 0.25) is 11.6 Å². The lowest BCUT2D eigenvalue weighted by atomic mass is 9.89. The van der Waals surface area contributed by atoms with Crippen molar-refractivity contribution in [1.82, 2.24) is 5.32 Å². The second-order valence-corrected chi connectivity index (χ2v) is 3.26. The van der Waals surface area contributed by atoms with Gasteiger partial charge in [-0.2, -0.15) is 0 Å². The third-order valence-electron chi connectivity index (χ3n) is 2.44. The zero-order valence-electron chi connectivity index (χ0n) is 6.85. The van der Waals surface area contributed by atoms with E-state index in [1.165, 1.54) is 0 Å². The maximum Gasteiger partial charge on any atom is 0.244 e. The minimum absolute atomic E-state index is 0.233. The number of allylic oxidation sites excluding steroid dienone is 2. The quantitative estimate of drug-likeness (QED) is 0.533. The minimum Gasteiger partial charge on any atom is -0.382 e. The first-order valence-electron chi connectivity index (χ1n) is 4.32. The summed E-state index contributed by atoms with van der Waals surface area (Å²) in [4.78, 5) is 22.3. The molecule has 2 aliphatic rings. The number of ketones is 2. The summed E-state index contributed by atoms with van der Waals surface area (Å²) in [6.07, 6.45) is 3.27. The third kappa shape index (κ3) is 1.05. The van der Waals surface area contributed by atoms with Crippen LogP contribution in [0.1, 0.15) is 25.7 Å². The number of nitrogens with one attached hydrogen (secondary N) is 1. The van der Waals surface area contributed by atoms with E-state index in [4.69, 9.17) is 0 Å². The van der Waals surface area contributed by atoms with Crippen LogP contribution in [0.5, 0.6) is 0 Å². The first-order valence-corrected chi connectivity index (χ1v) is 4.32. The highest BCUT2D eigenvalue weighted by Crippen LogP contribution is 2.24. The summed E-state index contributed by atoms with van der Waals surface area (Å²) in [7, 11) is 0. The fourth-order valence-electron chi connectivity index (χ4n) is 1.77. The molecule has 64 valence electrons. The van der Waals surface area contributed by atoms with Crippen LogP contribution in [-0.4, -0.2) is 18.1 Å². The molecule has 3 heteroatoms. The standard InChI is InChI=1S/C9H11NO2/c11-7-4-3-6-2-1-5-10-8(6)9(7)12/h10H,1-5H2. The highest BCUT2D eigenvalue weighted by molar-refractivity contribution is 6.44. The summed E-state index contributed by atoms with van der Waals surface area (Å²) in [5.74, 6) is -0.529. The lowest BCUT2D eigenvalue weighted by molar-refractivity contribution is -0.135. The lowest BCUT2D eigenvalue weighted by Gasteiger charge is -2.23. The van der Waals surface area contributed by atoms with Gasteiger partial charge in [0.05, 0.1) is 5.70 Å². The van der Waals surface area contributed by atoms with Crippen molar-refractivity contribution in [3.63, 3.8) is 0 Å². The molecule has 0 bridgehead atoms. The molecular weight excluding hydrogens is 154 g/mol. The summed E-state index contributed by atoms with van der Waals surface area (Å²) in [5, 5.41) is 3.01. The summed E-state index contributed by atoms with van der Waals surface area (Å²) < 4.78 is 0. The molecule has 0 saturated carbocycles. The van der Waals surface area contributed by atoms with E-state index in [0.29, 0.717) is 12.1 Å². The maximum absolute atomic E-state index is 11.3. The fraction of sp³-hybridized carbons (Fsp3) is 0.556. The number of Topliss-reactive ketones (excluding diaryl/α,β-unsaturated/α-hetero) is 2. The van der Waals surface area contributed by atoms with Crippen molar-refractivity contribution in [1.29, 1.82) is 0 Å². The molecule has 0 unspecified atom stereocenters. The molecule has 1 N–H and O–H groups in total. The Hall–Kier alpha value is -1.12. The number of rotatable bonds is 0. The molecule has 0 aromatic heterocycles. The SMILES string of the molecule is O=C1CCC2=C(NCCC2)C1=O. The molecular formula is C9H11NO2. The van der Waals surface area contributed by atoms with E-state index >= 15 is 0 Å². The van der Waals surface area contributed by atoms with Gasteiger partial charge in [-0.15, -0.1) is 0 Å². The monoisotopic (exact) mass is 165 g/mol. The molecule has 0 amide bonds. The first kappa shape index (κ1) is 7.53. The van der Waals surface area contributed by atoms with Gasteiger partial charge >= 0.3 is 0 Å². The van der Waals surface area contributed by atoms with Crippen LogP contribution in [0.15, 0.2) is 11.3 Å². The van der Waals surface area contributed by atoms with Crippen LogP contribution in [0.25, 0.3) is 0 Å². The van der Waals surface area contributed by atoms with Gasteiger partial charge in [0, 0.05) is 13.0 Å². The number of carbonyl (C=O) groups is 2. The molecule has 12 heavy (non-hydrogen) atoms. The molecule has 1 heterocycles. The number of carbonyl (C=O) groups excluding carboxylic acids is 2. The molecule has 0 aromatic rings. The van der Waals surface area contributed by atoms with Crippen molar-refractivity contribution in [2.45, 2.75) is 25.7 Å². The van der Waals surface area contributed by atoms with Gasteiger partial charge < -0.3 is 5.32 Å². The predicted octanol–water partition coefficient (Wildman–Crippen LogP) is 0.556. The van der Waals surface area contributed by atoms with Crippen molar-refractivity contribution >= 4 is 11.6 Å². The predicted molar refractivity (Wildman–Crippen MR) is 43.5 cm³/mol. The zero-order valence-corrected chi connectivity index (χ0v) is 6.85. The molecule has 2 rings (SSSR count). The van der Waals surface area contributed by atoms with Crippen molar-refractivity contribution < 1.29 is 9.59 Å². The van der Waals surface area contributed by atoms with Gasteiger partial charge in [-0.25, -0.2) is 0 Å². The number of hydrogen-bond donors (Lipinski definition) is 1. The Morgan fingerprint density at radius 1 is 1.08 bits per heavy atom. The van der Waals surface area contributed by atoms with E-state index in [9.17, 15) is 9.59 Å². The van der Waals surface area contributed by atoms with Crippen molar-refractivity contribution in [2.24, 2.45) is 0 Å². The maximum atomic E-state index is 11.3. The molecule has 0 aromatic carbocycles. The smallest absolute Gasteiger partial charge is 0.244 e. The Morgan fingerprint density at radius 2 is 1.92 bits per heavy atom. The van der Waals surface area contributed by atoms with Gasteiger partial charge in [0.1, 0.15) is 0 Å². The van der Waals surface area contributed by atoms with E-state index in [2.05, 4.69) is 5.32 Å². The van der Waals surface area contributed by atoms with Crippen LogP contribution in [0.2, 0.25) is 0 Å². The summed E-state index contributed by atoms with van der Waals surface area (Å²) in [6.45, 7) is 0.831. The van der Waals surface area contributed by atoms with E-state index in [0.717, 1.165) is 31.4 Å². The van der Waals surface area contributed by atoms with Crippen LogP contribution in [-0.2, 0) is 9.59 Å². The van der Waals surface area contributed by atoms with E-state index in [-0.39, 0.29) is 11.6 Å². The second-order valence-electron chi connectivity index (χ2n) is 3.26. The Morgan fingerprint density at radius 3 is 2.75 bits per heavy atom. The topological polar surface area (TPSA) is 46.2 Å². The largest absolute Gasteiger partial charge is 0.382 e. The summed E-state index contributed by atoms with van der Waals surface area (Å²) in [6, 6.07) is 0. The van der Waals surface area contributed by atoms with Gasteiger partial charge in [-0.3, -0.25) is 9.59 Å². The van der Waals surface area contributed by atoms with Crippen LogP contribution in [0, 0.1) is 0 Å². The zero-order chi connectivity index (χ0) is 8.55. The number of hydrogen-bond acceptors (Lipinski definition) is 3. The third-order valence-corrected chi connectivity index (χ3v) is 2.44. The summed E-state index contributed by atoms with van der Waals surface area (Å²) >= 11 is 0. The van der Waals surface area contributed by atoms with Crippen LogP contribution in [0.3, 0.4) is 0 Å². The minimum atomic E-state index is -0.295. The van der Waals surface area contributed by atoms with E-state index in [1.54, 1.807) is 0 Å². The first-order chi connectivity index (χ1) is 5.79. The fourth-order valence-corrected chi connectivity index (χ4v) is 1.77. The Bertz CT molecular complexity index is 278. The van der Waals surface area contributed by atoms with Crippen LogP contribution in [0.4, 0.5) is 0 Å². The van der Waals surface area contributed by atoms with Gasteiger partial charge in [-0.05, 0) is 24.8 Å². The van der Waals surface area contributed by atoms with Crippen molar-refractivity contribution in [2.75, 3.05) is 6.54 Å². The molecule has 0 atom stereocenters. The highest BCUT2D eigenvalue weighted by atomic mass is 16.2. The normalized spacial score (nSPS) is 23.7. The van der Waals surface area contributed by atoms with Crippen molar-refractivity contribution in [3.05, 3.63) is 11.3 Å². The molecule has 0 fully saturated rings. The Balaban J connectivity index is 2.34.